The Morgan fingerprint density at radius 2 is 2.12 bits per heavy atom. The average Bonchev–Trinajstić information content (AvgIpc) is 2.60. The van der Waals surface area contributed by atoms with E-state index in [1.54, 1.807) is 16.4 Å². The van der Waals surface area contributed by atoms with E-state index in [1.807, 2.05) is 37.6 Å². The smallest absolute Gasteiger partial charge is 0.121 e. The van der Waals surface area contributed by atoms with E-state index in [2.05, 4.69) is 5.10 Å². The highest BCUT2D eigenvalue weighted by molar-refractivity contribution is 7.98. The summed E-state index contributed by atoms with van der Waals surface area (Å²) in [7, 11) is 1.81. The predicted octanol–water partition coefficient (Wildman–Crippen LogP) is 3.04. The van der Waals surface area contributed by atoms with Crippen molar-refractivity contribution in [2.45, 2.75) is 4.90 Å². The Bertz CT molecular complexity index is 502. The van der Waals surface area contributed by atoms with Gasteiger partial charge >= 0.3 is 0 Å². The number of hydrogen-bond acceptors (Lipinski definition) is 3. The number of hydrogen-bond donors (Lipinski definition) is 1. The van der Waals surface area contributed by atoms with E-state index in [0.717, 1.165) is 16.2 Å². The van der Waals surface area contributed by atoms with Gasteiger partial charge in [0.25, 0.3) is 0 Å². The fourth-order valence-corrected chi connectivity index (χ4v) is 2.10. The van der Waals surface area contributed by atoms with Crippen LogP contribution in [0.3, 0.4) is 0 Å². The number of nitrogens with zero attached hydrogens (tertiary/aromatic N) is 2. The quantitative estimate of drug-likeness (QED) is 0.837. The fourth-order valence-electron chi connectivity index (χ4n) is 1.44. The Kier molecular flexibility index (Phi) is 3.12. The summed E-state index contributed by atoms with van der Waals surface area (Å²) in [5.74, 6) is 0.626. The molecular weight excluding hydrogens is 242 g/mol. The lowest BCUT2D eigenvalue weighted by Crippen LogP contribution is -1.96. The third-order valence-corrected chi connectivity index (χ3v) is 3.42. The van der Waals surface area contributed by atoms with Crippen LogP contribution in [0, 0.1) is 0 Å². The van der Waals surface area contributed by atoms with Gasteiger partial charge in [0.15, 0.2) is 0 Å². The molecule has 0 amide bonds. The summed E-state index contributed by atoms with van der Waals surface area (Å²) in [4.78, 5) is 1.16. The van der Waals surface area contributed by atoms with E-state index < -0.39 is 0 Å². The number of aromatic nitrogens is 2. The van der Waals surface area contributed by atoms with Crippen LogP contribution in [0.4, 0.5) is 5.82 Å². The van der Waals surface area contributed by atoms with Crippen molar-refractivity contribution in [2.75, 3.05) is 12.0 Å². The molecule has 2 rings (SSSR count). The minimum atomic E-state index is 0.626. The van der Waals surface area contributed by atoms with Crippen molar-refractivity contribution in [1.29, 1.82) is 0 Å². The largest absolute Gasteiger partial charge is 0.384 e. The minimum Gasteiger partial charge on any atom is -0.384 e. The second-order valence-electron chi connectivity index (χ2n) is 3.42. The molecule has 2 N–H and O–H groups in total. The first kappa shape index (κ1) is 11.4. The van der Waals surface area contributed by atoms with E-state index in [-0.39, 0.29) is 0 Å². The summed E-state index contributed by atoms with van der Waals surface area (Å²) in [6.45, 7) is 0. The maximum atomic E-state index is 6.15. The maximum absolute atomic E-state index is 6.15. The zero-order chi connectivity index (χ0) is 11.7. The third-order valence-electron chi connectivity index (χ3n) is 2.37. The second kappa shape index (κ2) is 4.39. The number of benzene rings is 1. The number of nitrogens with two attached hydrogens (primary N) is 1. The van der Waals surface area contributed by atoms with Gasteiger partial charge < -0.3 is 5.73 Å². The van der Waals surface area contributed by atoms with Gasteiger partial charge in [-0.05, 0) is 24.5 Å². The molecule has 16 heavy (non-hydrogen) atoms. The Labute approximate surface area is 104 Å². The van der Waals surface area contributed by atoms with E-state index in [9.17, 15) is 0 Å². The minimum absolute atomic E-state index is 0.626. The van der Waals surface area contributed by atoms with Crippen molar-refractivity contribution in [1.82, 2.24) is 9.78 Å². The SMILES string of the molecule is CSc1ccc(Cl)c(-c2cc(N)n(C)n2)c1. The van der Waals surface area contributed by atoms with Crippen LogP contribution in [0.2, 0.25) is 5.02 Å². The number of aryl methyl sites for hydroxylation is 1. The summed E-state index contributed by atoms with van der Waals surface area (Å²) in [5.41, 5.74) is 7.47. The van der Waals surface area contributed by atoms with Gasteiger partial charge in [0.1, 0.15) is 5.82 Å². The van der Waals surface area contributed by atoms with Crippen LogP contribution in [-0.4, -0.2) is 16.0 Å². The number of rotatable bonds is 2. The van der Waals surface area contributed by atoms with Gasteiger partial charge in [-0.3, -0.25) is 4.68 Å². The van der Waals surface area contributed by atoms with Crippen molar-refractivity contribution in [2.24, 2.45) is 7.05 Å². The zero-order valence-corrected chi connectivity index (χ0v) is 10.6. The molecule has 0 bridgehead atoms. The van der Waals surface area contributed by atoms with Crippen LogP contribution in [0.15, 0.2) is 29.2 Å². The van der Waals surface area contributed by atoms with Gasteiger partial charge in [-0.1, -0.05) is 11.6 Å². The molecule has 0 spiro atoms. The van der Waals surface area contributed by atoms with Crippen molar-refractivity contribution in [3.63, 3.8) is 0 Å². The van der Waals surface area contributed by atoms with Crippen LogP contribution in [0.5, 0.6) is 0 Å². The molecule has 1 aromatic heterocycles. The van der Waals surface area contributed by atoms with Crippen molar-refractivity contribution in [3.05, 3.63) is 29.3 Å². The van der Waals surface area contributed by atoms with Crippen LogP contribution >= 0.6 is 23.4 Å². The topological polar surface area (TPSA) is 43.8 Å². The lowest BCUT2D eigenvalue weighted by atomic mass is 10.1. The van der Waals surface area contributed by atoms with Crippen LogP contribution < -0.4 is 5.73 Å². The molecule has 2 aromatic rings. The number of anilines is 1. The standard InChI is InChI=1S/C11H12ClN3S/c1-15-11(13)6-10(14-15)8-5-7(16-2)3-4-9(8)12/h3-6H,13H2,1-2H3. The van der Waals surface area contributed by atoms with Crippen LogP contribution in [0.1, 0.15) is 0 Å². The van der Waals surface area contributed by atoms with Crippen molar-refractivity contribution in [3.8, 4) is 11.3 Å². The molecule has 0 radical (unpaired) electrons. The summed E-state index contributed by atoms with van der Waals surface area (Å²) < 4.78 is 1.64. The summed E-state index contributed by atoms with van der Waals surface area (Å²) >= 11 is 7.82. The average molecular weight is 254 g/mol. The molecule has 0 fully saturated rings. The molecule has 0 aliphatic carbocycles. The highest BCUT2D eigenvalue weighted by atomic mass is 35.5. The Morgan fingerprint density at radius 3 is 2.69 bits per heavy atom. The second-order valence-corrected chi connectivity index (χ2v) is 4.71. The highest BCUT2D eigenvalue weighted by Crippen LogP contribution is 2.31. The van der Waals surface area contributed by atoms with Crippen molar-refractivity contribution < 1.29 is 0 Å². The first-order valence-corrected chi connectivity index (χ1v) is 6.35. The lowest BCUT2D eigenvalue weighted by molar-refractivity contribution is 0.782. The third kappa shape index (κ3) is 2.03. The van der Waals surface area contributed by atoms with Gasteiger partial charge in [-0.2, -0.15) is 5.10 Å². The highest BCUT2D eigenvalue weighted by Gasteiger charge is 2.09. The van der Waals surface area contributed by atoms with Crippen LogP contribution in [0.25, 0.3) is 11.3 Å². The molecule has 84 valence electrons. The predicted molar refractivity (Wildman–Crippen MR) is 69.8 cm³/mol. The first-order valence-electron chi connectivity index (χ1n) is 4.75. The van der Waals surface area contributed by atoms with E-state index >= 15 is 0 Å². The maximum Gasteiger partial charge on any atom is 0.121 e. The molecule has 3 nitrogen and oxygen atoms in total. The molecule has 0 unspecified atom stereocenters. The molecule has 1 aromatic carbocycles. The van der Waals surface area contributed by atoms with Gasteiger partial charge in [-0.15, -0.1) is 11.8 Å². The number of nitrogen functional groups attached to an aromatic ring is 1. The van der Waals surface area contributed by atoms with Gasteiger partial charge in [0.05, 0.1) is 10.7 Å². The van der Waals surface area contributed by atoms with E-state index in [4.69, 9.17) is 17.3 Å². The van der Waals surface area contributed by atoms with E-state index in [0.29, 0.717) is 10.8 Å². The molecule has 5 heteroatoms. The van der Waals surface area contributed by atoms with Gasteiger partial charge in [-0.25, -0.2) is 0 Å². The Morgan fingerprint density at radius 1 is 1.38 bits per heavy atom. The normalized spacial score (nSPS) is 10.7. The lowest BCUT2D eigenvalue weighted by Gasteiger charge is -2.03. The number of halogens is 1. The Balaban J connectivity index is 2.54. The molecule has 1 heterocycles. The summed E-state index contributed by atoms with van der Waals surface area (Å²) in [5, 5.41) is 5.01. The summed E-state index contributed by atoms with van der Waals surface area (Å²) in [6.07, 6.45) is 2.03. The van der Waals surface area contributed by atoms with Crippen LogP contribution in [-0.2, 0) is 7.05 Å². The van der Waals surface area contributed by atoms with Gasteiger partial charge in [0.2, 0.25) is 0 Å². The first-order chi connectivity index (χ1) is 7.61. The molecular formula is C11H12ClN3S. The van der Waals surface area contributed by atoms with E-state index in [1.165, 1.54) is 0 Å². The molecule has 0 saturated carbocycles. The Hall–Kier alpha value is -1.13. The molecule has 0 aliphatic rings. The number of thioether (sulfide) groups is 1. The molecule has 0 saturated heterocycles. The molecule has 0 atom stereocenters. The zero-order valence-electron chi connectivity index (χ0n) is 9.07. The summed E-state index contributed by atoms with van der Waals surface area (Å²) in [6, 6.07) is 7.72. The monoisotopic (exact) mass is 253 g/mol. The van der Waals surface area contributed by atoms with Gasteiger partial charge in [0, 0.05) is 23.6 Å². The molecule has 0 aliphatic heterocycles. The van der Waals surface area contributed by atoms with Crippen molar-refractivity contribution >= 4 is 29.2 Å². The fraction of sp³-hybridized carbons (Fsp3) is 0.182.